The van der Waals surface area contributed by atoms with E-state index in [1.165, 1.54) is 18.2 Å². The number of sulfone groups is 1. The molecule has 4 rings (SSSR count). The van der Waals surface area contributed by atoms with E-state index in [9.17, 15) is 17.6 Å². The Labute approximate surface area is 193 Å². The smallest absolute Gasteiger partial charge is 0.257 e. The summed E-state index contributed by atoms with van der Waals surface area (Å²) in [5.74, 6) is -0.428. The van der Waals surface area contributed by atoms with Crippen molar-refractivity contribution in [1.29, 1.82) is 5.26 Å². The molecule has 0 radical (unpaired) electrons. The molecule has 1 saturated heterocycles. The highest BCUT2D eigenvalue weighted by atomic mass is 32.2. The van der Waals surface area contributed by atoms with E-state index < -0.39 is 15.7 Å². The van der Waals surface area contributed by atoms with Gasteiger partial charge in [0, 0.05) is 26.2 Å². The number of halogens is 1. The molecule has 1 saturated carbocycles. The fraction of sp³-hybridized carbons (Fsp3) is 0.417. The van der Waals surface area contributed by atoms with E-state index in [2.05, 4.69) is 0 Å². The van der Waals surface area contributed by atoms with Crippen molar-refractivity contribution in [2.45, 2.75) is 42.9 Å². The second kappa shape index (κ2) is 9.02. The quantitative estimate of drug-likeness (QED) is 0.642. The number of rotatable bonds is 6. The van der Waals surface area contributed by atoms with Crippen LogP contribution in [0.15, 0.2) is 41.3 Å². The highest BCUT2D eigenvalue weighted by molar-refractivity contribution is 7.92. The Morgan fingerprint density at radius 1 is 1.12 bits per heavy atom. The van der Waals surface area contributed by atoms with Crippen LogP contribution in [0.4, 0.5) is 10.1 Å². The summed E-state index contributed by atoms with van der Waals surface area (Å²) in [7, 11) is -3.45. The first-order valence-corrected chi connectivity index (χ1v) is 12.5. The molecule has 2 aliphatic rings. The van der Waals surface area contributed by atoms with Crippen molar-refractivity contribution in [2.75, 3.05) is 31.1 Å². The van der Waals surface area contributed by atoms with Gasteiger partial charge in [-0.3, -0.25) is 4.79 Å². The van der Waals surface area contributed by atoms with Crippen molar-refractivity contribution in [3.63, 3.8) is 0 Å². The topological polar surface area (TPSA) is 90.7 Å². The minimum absolute atomic E-state index is 0.141. The van der Waals surface area contributed by atoms with Crippen LogP contribution < -0.4 is 9.64 Å². The number of carbonyl (C=O) groups excluding carboxylic acids is 1. The standard InChI is InChI=1S/C24H26FN3O4S/c1-16(2)32-23-8-6-19(33(30,31)18-4-5-18)14-20(23)24(29)28-11-9-27(10-12-28)22-7-3-17(15-26)13-21(22)25/h3,6-8,13-14,16,18H,4-5,9-12H2,1-2H3. The van der Waals surface area contributed by atoms with Crippen molar-refractivity contribution < 1.29 is 22.3 Å². The summed E-state index contributed by atoms with van der Waals surface area (Å²) in [6.07, 6.45) is 1.10. The van der Waals surface area contributed by atoms with E-state index in [4.69, 9.17) is 10.00 Å². The van der Waals surface area contributed by atoms with Gasteiger partial charge < -0.3 is 14.5 Å². The van der Waals surface area contributed by atoms with Crippen molar-refractivity contribution in [2.24, 2.45) is 0 Å². The van der Waals surface area contributed by atoms with Crippen LogP contribution in [0, 0.1) is 17.1 Å². The number of benzene rings is 2. The molecule has 1 aliphatic heterocycles. The average molecular weight is 472 g/mol. The molecule has 9 heteroatoms. The molecule has 0 unspecified atom stereocenters. The van der Waals surface area contributed by atoms with Gasteiger partial charge >= 0.3 is 0 Å². The van der Waals surface area contributed by atoms with Crippen LogP contribution >= 0.6 is 0 Å². The second-order valence-electron chi connectivity index (χ2n) is 8.63. The number of carbonyl (C=O) groups is 1. The molecule has 1 aliphatic carbocycles. The third-order valence-electron chi connectivity index (χ3n) is 5.82. The summed E-state index contributed by atoms with van der Waals surface area (Å²) in [5.41, 5.74) is 0.870. The maximum atomic E-state index is 14.4. The summed E-state index contributed by atoms with van der Waals surface area (Å²) in [5, 5.41) is 8.55. The number of hydrogen-bond acceptors (Lipinski definition) is 6. The number of amides is 1. The lowest BCUT2D eigenvalue weighted by molar-refractivity contribution is 0.0740. The molecule has 0 N–H and O–H groups in total. The fourth-order valence-corrected chi connectivity index (χ4v) is 5.62. The highest BCUT2D eigenvalue weighted by Gasteiger charge is 2.38. The van der Waals surface area contributed by atoms with Gasteiger partial charge in [-0.15, -0.1) is 0 Å². The van der Waals surface area contributed by atoms with E-state index in [1.807, 2.05) is 24.8 Å². The first-order valence-electron chi connectivity index (χ1n) is 11.0. The van der Waals surface area contributed by atoms with Crippen molar-refractivity contribution in [3.8, 4) is 11.8 Å². The van der Waals surface area contributed by atoms with E-state index >= 15 is 0 Å². The normalized spacial score (nSPS) is 16.6. The molecule has 2 aromatic rings. The molecule has 1 amide bonds. The Morgan fingerprint density at radius 3 is 2.39 bits per heavy atom. The Balaban J connectivity index is 1.54. The Morgan fingerprint density at radius 2 is 1.82 bits per heavy atom. The van der Waals surface area contributed by atoms with Gasteiger partial charge in [0.2, 0.25) is 0 Å². The third-order valence-corrected chi connectivity index (χ3v) is 8.08. The first kappa shape index (κ1) is 23.1. The van der Waals surface area contributed by atoms with E-state index in [0.29, 0.717) is 50.5 Å². The van der Waals surface area contributed by atoms with E-state index in [1.54, 1.807) is 23.1 Å². The van der Waals surface area contributed by atoms with Gasteiger partial charge in [0.15, 0.2) is 9.84 Å². The minimum Gasteiger partial charge on any atom is -0.490 e. The summed E-state index contributed by atoms with van der Waals surface area (Å²) in [6, 6.07) is 10.8. The molecular formula is C24H26FN3O4S. The van der Waals surface area contributed by atoms with Crippen LogP contribution in [-0.4, -0.2) is 56.8 Å². The van der Waals surface area contributed by atoms with Gasteiger partial charge in [-0.1, -0.05) is 0 Å². The molecule has 2 fully saturated rings. The molecule has 0 spiro atoms. The van der Waals surface area contributed by atoms with Gasteiger partial charge in [0.1, 0.15) is 11.6 Å². The Hall–Kier alpha value is -3.12. The van der Waals surface area contributed by atoms with Crippen LogP contribution in [-0.2, 0) is 9.84 Å². The lowest BCUT2D eigenvalue weighted by Gasteiger charge is -2.36. The average Bonchev–Trinajstić information content (AvgIpc) is 3.65. The van der Waals surface area contributed by atoms with Crippen molar-refractivity contribution >= 4 is 21.4 Å². The minimum atomic E-state index is -3.45. The van der Waals surface area contributed by atoms with Gasteiger partial charge in [-0.25, -0.2) is 12.8 Å². The summed E-state index contributed by atoms with van der Waals surface area (Å²) in [4.78, 5) is 17.0. The zero-order valence-corrected chi connectivity index (χ0v) is 19.4. The maximum Gasteiger partial charge on any atom is 0.257 e. The van der Waals surface area contributed by atoms with Gasteiger partial charge in [-0.05, 0) is 63.1 Å². The van der Waals surface area contributed by atoms with E-state index in [-0.39, 0.29) is 33.3 Å². The molecular weight excluding hydrogens is 445 g/mol. The molecule has 33 heavy (non-hydrogen) atoms. The van der Waals surface area contributed by atoms with Gasteiger partial charge in [0.05, 0.1) is 39.1 Å². The first-order chi connectivity index (χ1) is 15.7. The molecule has 0 atom stereocenters. The number of anilines is 1. The maximum absolute atomic E-state index is 14.4. The predicted octanol–water partition coefficient (Wildman–Crippen LogP) is 3.38. The molecule has 0 bridgehead atoms. The Bertz CT molecular complexity index is 1210. The zero-order chi connectivity index (χ0) is 23.8. The number of nitrogens with zero attached hydrogens (tertiary/aromatic N) is 3. The molecule has 174 valence electrons. The van der Waals surface area contributed by atoms with Crippen LogP contribution in [0.1, 0.15) is 42.6 Å². The van der Waals surface area contributed by atoms with Crippen LogP contribution in [0.5, 0.6) is 5.75 Å². The summed E-state index contributed by atoms with van der Waals surface area (Å²) < 4.78 is 45.7. The number of hydrogen-bond donors (Lipinski definition) is 0. The van der Waals surface area contributed by atoms with E-state index in [0.717, 1.165) is 0 Å². The second-order valence-corrected chi connectivity index (χ2v) is 10.9. The Kier molecular flexibility index (Phi) is 6.30. The van der Waals surface area contributed by atoms with Crippen molar-refractivity contribution in [1.82, 2.24) is 4.90 Å². The number of nitriles is 1. The van der Waals surface area contributed by atoms with Crippen molar-refractivity contribution in [3.05, 3.63) is 53.3 Å². The predicted molar refractivity (Wildman–Crippen MR) is 122 cm³/mol. The van der Waals surface area contributed by atoms with Crippen LogP contribution in [0.25, 0.3) is 0 Å². The summed E-state index contributed by atoms with van der Waals surface area (Å²) in [6.45, 7) is 5.20. The third kappa shape index (κ3) is 4.81. The lowest BCUT2D eigenvalue weighted by Crippen LogP contribution is -2.49. The summed E-state index contributed by atoms with van der Waals surface area (Å²) >= 11 is 0. The fourth-order valence-electron chi connectivity index (χ4n) is 3.93. The van der Waals surface area contributed by atoms with Crippen LogP contribution in [0.2, 0.25) is 0 Å². The van der Waals surface area contributed by atoms with Gasteiger partial charge in [0.25, 0.3) is 5.91 Å². The SMILES string of the molecule is CC(C)Oc1ccc(S(=O)(=O)C2CC2)cc1C(=O)N1CCN(c2ccc(C#N)cc2F)CC1. The monoisotopic (exact) mass is 471 g/mol. The van der Waals surface area contributed by atoms with Crippen LogP contribution in [0.3, 0.4) is 0 Å². The molecule has 2 aromatic carbocycles. The number of piperazine rings is 1. The largest absolute Gasteiger partial charge is 0.490 e. The molecule has 1 heterocycles. The molecule has 7 nitrogen and oxygen atoms in total. The highest BCUT2D eigenvalue weighted by Crippen LogP contribution is 2.35. The van der Waals surface area contributed by atoms with Gasteiger partial charge in [-0.2, -0.15) is 5.26 Å². The zero-order valence-electron chi connectivity index (χ0n) is 18.6. The molecule has 0 aromatic heterocycles. The number of ether oxygens (including phenoxy) is 1. The lowest BCUT2D eigenvalue weighted by atomic mass is 10.1.